The van der Waals surface area contributed by atoms with Crippen molar-refractivity contribution in [1.29, 1.82) is 5.26 Å². The van der Waals surface area contributed by atoms with E-state index in [9.17, 15) is 18.0 Å². The Balaban J connectivity index is 2.40. The molecule has 2 rings (SSSR count). The van der Waals surface area contributed by atoms with Gasteiger partial charge in [0, 0.05) is 24.5 Å². The minimum atomic E-state index is -4.63. The number of benzene rings is 1. The minimum absolute atomic E-state index is 0.0610. The Morgan fingerprint density at radius 3 is 2.65 bits per heavy atom. The molecular weight excluding hydrogens is 293 g/mol. The number of nitrogens with zero attached hydrogens (tertiary/aromatic N) is 2. The normalized spacial score (nSPS) is 19.2. The fourth-order valence-corrected chi connectivity index (χ4v) is 2.37. The van der Waals surface area contributed by atoms with Gasteiger partial charge in [-0.25, -0.2) is 0 Å². The molecule has 0 aliphatic carbocycles. The van der Waals surface area contributed by atoms with Crippen molar-refractivity contribution in [2.24, 2.45) is 5.92 Å². The van der Waals surface area contributed by atoms with Crippen molar-refractivity contribution < 1.29 is 18.0 Å². The smallest absolute Gasteiger partial charge is 0.312 e. The van der Waals surface area contributed by atoms with E-state index in [1.54, 1.807) is 0 Å². The number of alkyl halides is 4. The third kappa shape index (κ3) is 2.73. The molecule has 0 N–H and O–H groups in total. The summed E-state index contributed by atoms with van der Waals surface area (Å²) in [5.41, 5.74) is -1.34. The van der Waals surface area contributed by atoms with Gasteiger partial charge >= 0.3 is 6.18 Å². The van der Waals surface area contributed by atoms with Gasteiger partial charge in [-0.05, 0) is 24.1 Å². The molecule has 106 valence electrons. The number of amides is 1. The highest BCUT2D eigenvalue weighted by molar-refractivity contribution is 6.18. The maximum atomic E-state index is 12.9. The number of hydrogen-bond donors (Lipinski definition) is 0. The number of hydrogen-bond acceptors (Lipinski definition) is 2. The number of anilines is 1. The first kappa shape index (κ1) is 14.7. The van der Waals surface area contributed by atoms with Crippen molar-refractivity contribution in [3.8, 4) is 6.07 Å². The van der Waals surface area contributed by atoms with Gasteiger partial charge in [-0.3, -0.25) is 4.79 Å². The van der Waals surface area contributed by atoms with Gasteiger partial charge in [0.2, 0.25) is 5.91 Å². The second kappa shape index (κ2) is 5.33. The lowest BCUT2D eigenvalue weighted by molar-refractivity contribution is -0.137. The molecule has 1 fully saturated rings. The van der Waals surface area contributed by atoms with Crippen molar-refractivity contribution in [2.75, 3.05) is 17.3 Å². The van der Waals surface area contributed by atoms with Crippen LogP contribution < -0.4 is 4.90 Å². The molecule has 3 nitrogen and oxygen atoms in total. The van der Waals surface area contributed by atoms with E-state index < -0.39 is 17.3 Å². The lowest BCUT2D eigenvalue weighted by atomic mass is 10.1. The molecule has 1 aromatic carbocycles. The summed E-state index contributed by atoms with van der Waals surface area (Å²) in [6, 6.07) is 4.78. The molecule has 1 heterocycles. The van der Waals surface area contributed by atoms with E-state index in [4.69, 9.17) is 16.9 Å². The monoisotopic (exact) mass is 302 g/mol. The number of nitriles is 1. The van der Waals surface area contributed by atoms with Crippen LogP contribution in [0.3, 0.4) is 0 Å². The number of carbonyl (C=O) groups excluding carboxylic acids is 1. The average molecular weight is 303 g/mol. The fraction of sp³-hybridized carbons (Fsp3) is 0.385. The predicted octanol–water partition coefficient (Wildman–Crippen LogP) is 3.17. The Morgan fingerprint density at radius 1 is 1.45 bits per heavy atom. The molecule has 1 saturated heterocycles. The first-order valence-corrected chi connectivity index (χ1v) is 6.38. The van der Waals surface area contributed by atoms with Crippen molar-refractivity contribution in [1.82, 2.24) is 0 Å². The SMILES string of the molecule is N#Cc1ccc(N2CC(CCl)CC2=O)cc1C(F)(F)F. The highest BCUT2D eigenvalue weighted by atomic mass is 35.5. The Bertz CT molecular complexity index is 580. The minimum Gasteiger partial charge on any atom is -0.312 e. The van der Waals surface area contributed by atoms with Crippen molar-refractivity contribution >= 4 is 23.2 Å². The molecule has 1 amide bonds. The Hall–Kier alpha value is -1.74. The Labute approximate surface area is 118 Å². The van der Waals surface area contributed by atoms with Crippen LogP contribution in [0.1, 0.15) is 17.5 Å². The molecule has 0 aromatic heterocycles. The second-order valence-electron chi connectivity index (χ2n) is 4.57. The maximum Gasteiger partial charge on any atom is 0.417 e. The van der Waals surface area contributed by atoms with Gasteiger partial charge in [0.25, 0.3) is 0 Å². The van der Waals surface area contributed by atoms with E-state index in [2.05, 4.69) is 0 Å². The van der Waals surface area contributed by atoms with Crippen LogP contribution in [0.15, 0.2) is 18.2 Å². The summed E-state index contributed by atoms with van der Waals surface area (Å²) in [6.45, 7) is 0.297. The first-order valence-electron chi connectivity index (χ1n) is 5.84. The van der Waals surface area contributed by atoms with Crippen LogP contribution >= 0.6 is 11.6 Å². The van der Waals surface area contributed by atoms with Gasteiger partial charge in [0.15, 0.2) is 0 Å². The average Bonchev–Trinajstić information content (AvgIpc) is 2.78. The molecule has 7 heteroatoms. The first-order chi connectivity index (χ1) is 9.36. The highest BCUT2D eigenvalue weighted by Crippen LogP contribution is 2.35. The molecular formula is C13H10ClF3N2O. The summed E-state index contributed by atoms with van der Waals surface area (Å²) < 4.78 is 38.6. The van der Waals surface area contributed by atoms with Gasteiger partial charge < -0.3 is 4.90 Å². The van der Waals surface area contributed by atoms with Crippen LogP contribution in [-0.2, 0) is 11.0 Å². The second-order valence-corrected chi connectivity index (χ2v) is 4.88. The van der Waals surface area contributed by atoms with Crippen LogP contribution in [0.2, 0.25) is 0 Å². The molecule has 1 aliphatic heterocycles. The molecule has 1 unspecified atom stereocenters. The lowest BCUT2D eigenvalue weighted by Crippen LogP contribution is -2.25. The standard InChI is InChI=1S/C13H10ClF3N2O/c14-5-8-3-12(20)19(7-8)10-2-1-9(6-18)11(4-10)13(15,16)17/h1-2,4,8H,3,5,7H2. The number of carbonyl (C=O) groups is 1. The summed E-state index contributed by atoms with van der Waals surface area (Å²) >= 11 is 5.68. The molecule has 1 aliphatic rings. The molecule has 1 aromatic rings. The van der Waals surface area contributed by atoms with E-state index in [-0.39, 0.29) is 29.8 Å². The highest BCUT2D eigenvalue weighted by Gasteiger charge is 2.36. The third-order valence-corrected chi connectivity index (χ3v) is 3.60. The van der Waals surface area contributed by atoms with Crippen LogP contribution in [-0.4, -0.2) is 18.3 Å². The molecule has 0 bridgehead atoms. The third-order valence-electron chi connectivity index (χ3n) is 3.16. The van der Waals surface area contributed by atoms with Gasteiger partial charge in [0.1, 0.15) is 0 Å². The number of rotatable bonds is 2. The summed E-state index contributed by atoms with van der Waals surface area (Å²) in [5.74, 6) is -0.0346. The largest absolute Gasteiger partial charge is 0.417 e. The van der Waals surface area contributed by atoms with E-state index in [1.165, 1.54) is 17.0 Å². The van der Waals surface area contributed by atoms with Crippen LogP contribution in [0, 0.1) is 17.2 Å². The van der Waals surface area contributed by atoms with Crippen molar-refractivity contribution in [3.05, 3.63) is 29.3 Å². The summed E-state index contributed by atoms with van der Waals surface area (Å²) in [4.78, 5) is 13.1. The zero-order valence-electron chi connectivity index (χ0n) is 10.2. The van der Waals surface area contributed by atoms with E-state index in [0.717, 1.165) is 12.1 Å². The molecule has 0 saturated carbocycles. The van der Waals surface area contributed by atoms with Crippen molar-refractivity contribution in [2.45, 2.75) is 12.6 Å². The quantitative estimate of drug-likeness (QED) is 0.788. The van der Waals surface area contributed by atoms with Crippen LogP contribution in [0.25, 0.3) is 0 Å². The molecule has 1 atom stereocenters. The zero-order valence-corrected chi connectivity index (χ0v) is 11.0. The van der Waals surface area contributed by atoms with E-state index >= 15 is 0 Å². The van der Waals surface area contributed by atoms with Crippen LogP contribution in [0.5, 0.6) is 0 Å². The van der Waals surface area contributed by atoms with Gasteiger partial charge in [-0.15, -0.1) is 11.6 Å². The zero-order chi connectivity index (χ0) is 14.9. The lowest BCUT2D eigenvalue weighted by Gasteiger charge is -2.18. The van der Waals surface area contributed by atoms with E-state index in [1.807, 2.05) is 0 Å². The predicted molar refractivity (Wildman–Crippen MR) is 67.3 cm³/mol. The molecule has 0 radical (unpaired) electrons. The molecule has 0 spiro atoms. The summed E-state index contributed by atoms with van der Waals surface area (Å²) in [5, 5.41) is 8.72. The summed E-state index contributed by atoms with van der Waals surface area (Å²) in [6.07, 6.45) is -4.40. The van der Waals surface area contributed by atoms with Gasteiger partial charge in [0.05, 0.1) is 17.2 Å². The van der Waals surface area contributed by atoms with Crippen LogP contribution in [0.4, 0.5) is 18.9 Å². The molecule has 20 heavy (non-hydrogen) atoms. The Morgan fingerprint density at radius 2 is 2.15 bits per heavy atom. The maximum absolute atomic E-state index is 12.9. The topological polar surface area (TPSA) is 44.1 Å². The van der Waals surface area contributed by atoms with Gasteiger partial charge in [-0.2, -0.15) is 18.4 Å². The Kier molecular flexibility index (Phi) is 3.91. The van der Waals surface area contributed by atoms with Gasteiger partial charge in [-0.1, -0.05) is 0 Å². The van der Waals surface area contributed by atoms with E-state index in [0.29, 0.717) is 6.54 Å². The fourth-order valence-electron chi connectivity index (χ4n) is 2.17. The van der Waals surface area contributed by atoms with Crippen molar-refractivity contribution in [3.63, 3.8) is 0 Å². The summed E-state index contributed by atoms with van der Waals surface area (Å²) in [7, 11) is 0. The number of halogens is 4.